The lowest BCUT2D eigenvalue weighted by molar-refractivity contribution is -0.180. The molecule has 0 aliphatic carbocycles. The van der Waals surface area contributed by atoms with Gasteiger partial charge in [0, 0.05) is 24.5 Å². The Morgan fingerprint density at radius 3 is 2.35 bits per heavy atom. The minimum absolute atomic E-state index is 0.0336. The number of aromatic nitrogens is 4. The van der Waals surface area contributed by atoms with Gasteiger partial charge in [-0.15, -0.1) is 0 Å². The fourth-order valence-corrected chi connectivity index (χ4v) is 4.11. The van der Waals surface area contributed by atoms with Crippen LogP contribution in [0.5, 0.6) is 11.6 Å². The number of hydrogen-bond acceptors (Lipinski definition) is 6. The van der Waals surface area contributed by atoms with Crippen LogP contribution in [0.2, 0.25) is 0 Å². The van der Waals surface area contributed by atoms with Crippen molar-refractivity contribution >= 4 is 11.7 Å². The van der Waals surface area contributed by atoms with E-state index in [0.717, 1.165) is 12.3 Å². The first kappa shape index (κ1) is 30.7. The molecule has 220 valence electrons. The van der Waals surface area contributed by atoms with Gasteiger partial charge in [-0.05, 0) is 32.8 Å². The fraction of sp³-hybridized carbons (Fsp3) is 0.500. The largest absolute Gasteiger partial charge is 0.494 e. The Balaban J connectivity index is 2.10. The lowest BCUT2D eigenvalue weighted by atomic mass is 10.1. The van der Waals surface area contributed by atoms with Crippen LogP contribution in [0, 0.1) is 6.92 Å². The van der Waals surface area contributed by atoms with Gasteiger partial charge in [-0.25, -0.2) is 14.8 Å². The Labute approximate surface area is 224 Å². The SMILES string of the molecule is CCN(C(=O)NC(CCCF)C(F)(F)F)[C@@H](c1cc(-c2cn3cc(C)nc3c(OC)n2)c(OC)cn1)C(F)(F)F. The minimum Gasteiger partial charge on any atom is -0.494 e. The molecule has 0 aliphatic heterocycles. The molecular weight excluding hydrogens is 553 g/mol. The van der Waals surface area contributed by atoms with Crippen molar-refractivity contribution in [1.82, 2.24) is 29.6 Å². The molecule has 0 fully saturated rings. The Kier molecular flexibility index (Phi) is 9.30. The molecule has 0 saturated carbocycles. The van der Waals surface area contributed by atoms with Crippen LogP contribution in [0.4, 0.5) is 35.5 Å². The highest BCUT2D eigenvalue weighted by molar-refractivity contribution is 5.76. The van der Waals surface area contributed by atoms with Crippen LogP contribution in [-0.4, -0.2) is 76.1 Å². The van der Waals surface area contributed by atoms with Gasteiger partial charge in [0.05, 0.1) is 44.2 Å². The topological polar surface area (TPSA) is 93.9 Å². The Morgan fingerprint density at radius 2 is 1.80 bits per heavy atom. The molecule has 0 spiro atoms. The number of urea groups is 1. The van der Waals surface area contributed by atoms with Crippen LogP contribution < -0.4 is 14.8 Å². The van der Waals surface area contributed by atoms with Gasteiger partial charge in [-0.1, -0.05) is 0 Å². The number of fused-ring (bicyclic) bond motifs is 1. The number of pyridine rings is 1. The van der Waals surface area contributed by atoms with Crippen molar-refractivity contribution in [3.05, 3.63) is 36.0 Å². The summed E-state index contributed by atoms with van der Waals surface area (Å²) in [4.78, 5) is 25.4. The van der Waals surface area contributed by atoms with Gasteiger partial charge in [0.2, 0.25) is 5.65 Å². The number of methoxy groups -OCH3 is 2. The Hall–Kier alpha value is -3.85. The number of imidazole rings is 1. The van der Waals surface area contributed by atoms with Crippen molar-refractivity contribution in [2.75, 3.05) is 27.4 Å². The van der Waals surface area contributed by atoms with E-state index in [0.29, 0.717) is 11.3 Å². The number of rotatable bonds is 10. The maximum absolute atomic E-state index is 14.4. The van der Waals surface area contributed by atoms with Gasteiger partial charge in [-0.2, -0.15) is 26.3 Å². The second-order valence-electron chi connectivity index (χ2n) is 8.66. The van der Waals surface area contributed by atoms with E-state index < -0.39 is 62.2 Å². The summed E-state index contributed by atoms with van der Waals surface area (Å²) in [6, 6.07) is -5.92. The zero-order chi connectivity index (χ0) is 29.8. The third-order valence-electron chi connectivity index (χ3n) is 5.93. The van der Waals surface area contributed by atoms with E-state index in [9.17, 15) is 35.5 Å². The van der Waals surface area contributed by atoms with Gasteiger partial charge in [-0.3, -0.25) is 9.37 Å². The maximum Gasteiger partial charge on any atom is 0.414 e. The van der Waals surface area contributed by atoms with E-state index in [2.05, 4.69) is 15.0 Å². The first-order valence-electron chi connectivity index (χ1n) is 12.0. The zero-order valence-corrected chi connectivity index (χ0v) is 21.9. The number of hydrogen-bond donors (Lipinski definition) is 1. The molecule has 0 saturated heterocycles. The van der Waals surface area contributed by atoms with Crippen molar-refractivity contribution in [3.8, 4) is 22.9 Å². The minimum atomic E-state index is -5.14. The summed E-state index contributed by atoms with van der Waals surface area (Å²) in [7, 11) is 2.60. The number of amides is 2. The number of aryl methyl sites for hydroxylation is 1. The molecule has 1 N–H and O–H groups in total. The summed E-state index contributed by atoms with van der Waals surface area (Å²) >= 11 is 0. The molecule has 0 aromatic carbocycles. The molecule has 2 amide bonds. The number of ether oxygens (including phenoxy) is 2. The molecule has 1 unspecified atom stereocenters. The normalized spacial score (nSPS) is 13.7. The third kappa shape index (κ3) is 6.65. The monoisotopic (exact) mass is 580 g/mol. The molecule has 16 heteroatoms. The van der Waals surface area contributed by atoms with Gasteiger partial charge in [0.15, 0.2) is 6.04 Å². The van der Waals surface area contributed by atoms with Crippen molar-refractivity contribution < 1.29 is 45.0 Å². The quantitative estimate of drug-likeness (QED) is 0.322. The number of alkyl halides is 7. The predicted octanol–water partition coefficient (Wildman–Crippen LogP) is 5.43. The number of halogens is 7. The second-order valence-corrected chi connectivity index (χ2v) is 8.66. The van der Waals surface area contributed by atoms with E-state index in [4.69, 9.17) is 9.47 Å². The predicted molar refractivity (Wildman–Crippen MR) is 129 cm³/mol. The number of nitrogens with one attached hydrogen (secondary N) is 1. The van der Waals surface area contributed by atoms with Crippen molar-refractivity contribution in [2.45, 2.75) is 51.1 Å². The van der Waals surface area contributed by atoms with Gasteiger partial charge < -0.3 is 24.1 Å². The molecule has 3 heterocycles. The first-order chi connectivity index (χ1) is 18.7. The highest BCUT2D eigenvalue weighted by Gasteiger charge is 2.49. The Bertz CT molecular complexity index is 1330. The highest BCUT2D eigenvalue weighted by Crippen LogP contribution is 2.40. The smallest absolute Gasteiger partial charge is 0.414 e. The number of nitrogens with zero attached hydrogens (tertiary/aromatic N) is 5. The summed E-state index contributed by atoms with van der Waals surface area (Å²) in [5, 5.41) is 1.58. The summed E-state index contributed by atoms with van der Waals surface area (Å²) in [5.41, 5.74) is 0.422. The number of carbonyl (C=O) groups is 1. The molecule has 3 aromatic rings. The molecule has 3 rings (SSSR count). The van der Waals surface area contributed by atoms with Gasteiger partial charge >= 0.3 is 18.4 Å². The maximum atomic E-state index is 14.4. The van der Waals surface area contributed by atoms with Gasteiger partial charge in [0.25, 0.3) is 5.88 Å². The van der Waals surface area contributed by atoms with Crippen LogP contribution in [-0.2, 0) is 0 Å². The lowest BCUT2D eigenvalue weighted by Crippen LogP contribution is -2.53. The van der Waals surface area contributed by atoms with Crippen molar-refractivity contribution in [2.24, 2.45) is 0 Å². The standard InChI is InChI=1S/C24H27F7N6O3/c1-5-37(22(38)35-18(7-6-8-25)23(26,27)28)19(24(29,30)31)15-9-14(17(39-3)10-32-15)16-12-36-11-13(2)33-20(36)21(34-16)40-4/h9-12,18-19H,5-8H2,1-4H3,(H,35,38)/t18?,19-/m0/s1. The molecule has 2 atom stereocenters. The van der Waals surface area contributed by atoms with Crippen LogP contribution in [0.25, 0.3) is 16.9 Å². The summed E-state index contributed by atoms with van der Waals surface area (Å²) in [6.45, 7) is 1.18. The highest BCUT2D eigenvalue weighted by atomic mass is 19.4. The molecule has 40 heavy (non-hydrogen) atoms. The summed E-state index contributed by atoms with van der Waals surface area (Å²) in [5.74, 6) is 0.102. The molecule has 0 radical (unpaired) electrons. The van der Waals surface area contributed by atoms with E-state index in [1.54, 1.807) is 22.8 Å². The average Bonchev–Trinajstić information content (AvgIpc) is 3.27. The van der Waals surface area contributed by atoms with Crippen LogP contribution in [0.3, 0.4) is 0 Å². The molecule has 0 bridgehead atoms. The van der Waals surface area contributed by atoms with Crippen molar-refractivity contribution in [1.29, 1.82) is 0 Å². The van der Waals surface area contributed by atoms with E-state index in [-0.39, 0.29) is 27.8 Å². The molecule has 3 aromatic heterocycles. The van der Waals surface area contributed by atoms with Crippen LogP contribution in [0.15, 0.2) is 24.7 Å². The summed E-state index contributed by atoms with van der Waals surface area (Å²) < 4.78 is 108. The fourth-order valence-electron chi connectivity index (χ4n) is 4.11. The van der Waals surface area contributed by atoms with Crippen molar-refractivity contribution in [3.63, 3.8) is 0 Å². The lowest BCUT2D eigenvalue weighted by Gasteiger charge is -2.34. The zero-order valence-electron chi connectivity index (χ0n) is 21.9. The van der Waals surface area contributed by atoms with Gasteiger partial charge in [0.1, 0.15) is 11.8 Å². The number of carbonyl (C=O) groups excluding carboxylic acids is 1. The van der Waals surface area contributed by atoms with Crippen LogP contribution >= 0.6 is 0 Å². The van der Waals surface area contributed by atoms with E-state index in [1.807, 2.05) is 0 Å². The molecular formula is C24H27F7N6O3. The molecule has 0 aliphatic rings. The van der Waals surface area contributed by atoms with E-state index in [1.165, 1.54) is 27.3 Å². The molecule has 9 nitrogen and oxygen atoms in total. The average molecular weight is 581 g/mol. The Morgan fingerprint density at radius 1 is 1.10 bits per heavy atom. The third-order valence-corrected chi connectivity index (χ3v) is 5.93. The summed E-state index contributed by atoms with van der Waals surface area (Å²) in [6.07, 6.45) is -7.42. The van der Waals surface area contributed by atoms with E-state index >= 15 is 0 Å². The van der Waals surface area contributed by atoms with Crippen LogP contribution in [0.1, 0.15) is 37.2 Å². The first-order valence-corrected chi connectivity index (χ1v) is 12.0. The second kappa shape index (κ2) is 12.1.